The Balaban J connectivity index is 1.10. The third-order valence-corrected chi connectivity index (χ3v) is 9.68. The van der Waals surface area contributed by atoms with Crippen LogP contribution in [0.3, 0.4) is 0 Å². The summed E-state index contributed by atoms with van der Waals surface area (Å²) in [6.07, 6.45) is 11.2. The van der Waals surface area contributed by atoms with E-state index in [1.807, 2.05) is 40.5 Å². The lowest BCUT2D eigenvalue weighted by atomic mass is 9.88. The van der Waals surface area contributed by atoms with Crippen LogP contribution in [0.1, 0.15) is 53.6 Å². The van der Waals surface area contributed by atoms with Crippen molar-refractivity contribution in [3.05, 3.63) is 95.7 Å². The lowest BCUT2D eigenvalue weighted by Gasteiger charge is -2.32. The first kappa shape index (κ1) is 35.9. The Labute approximate surface area is 300 Å². The number of likely N-dealkylation sites (tertiary alicyclic amines) is 1. The summed E-state index contributed by atoms with van der Waals surface area (Å²) >= 11 is 0. The van der Waals surface area contributed by atoms with Crippen LogP contribution in [0.25, 0.3) is 16.9 Å². The Bertz CT molecular complexity index is 2090. The van der Waals surface area contributed by atoms with Crippen molar-refractivity contribution in [3.8, 4) is 23.1 Å². The summed E-state index contributed by atoms with van der Waals surface area (Å²) in [6, 6.07) is 9.95. The van der Waals surface area contributed by atoms with Crippen LogP contribution in [0.5, 0.6) is 5.75 Å². The molecule has 2 aromatic heterocycles. The number of fused-ring (bicyclic) bond motifs is 1. The number of ketones is 1. The topological polar surface area (TPSA) is 162 Å². The predicted octanol–water partition coefficient (Wildman–Crippen LogP) is 5.79. The highest BCUT2D eigenvalue weighted by molar-refractivity contribution is 5.98. The number of nitrogens with one attached hydrogen (secondary N) is 2. The smallest absolute Gasteiger partial charge is 0.321 e. The second-order valence-electron chi connectivity index (χ2n) is 13.0. The molecule has 52 heavy (non-hydrogen) atoms. The molecule has 2 aliphatic heterocycles. The highest BCUT2D eigenvalue weighted by Gasteiger charge is 2.28. The van der Waals surface area contributed by atoms with Gasteiger partial charge < -0.3 is 25.4 Å². The third-order valence-electron chi connectivity index (χ3n) is 9.68. The summed E-state index contributed by atoms with van der Waals surface area (Å²) in [6.45, 7) is 6.96. The van der Waals surface area contributed by atoms with Crippen molar-refractivity contribution in [2.45, 2.75) is 51.5 Å². The van der Waals surface area contributed by atoms with Crippen LogP contribution in [0.15, 0.2) is 73.2 Å². The maximum Gasteiger partial charge on any atom is 0.321 e. The van der Waals surface area contributed by atoms with E-state index in [4.69, 9.17) is 10.00 Å². The number of piperidine rings is 1. The van der Waals surface area contributed by atoms with Gasteiger partial charge in [0.1, 0.15) is 12.1 Å². The number of anilines is 2. The maximum absolute atomic E-state index is 15.4. The van der Waals surface area contributed by atoms with Crippen molar-refractivity contribution < 1.29 is 28.6 Å². The Morgan fingerprint density at radius 2 is 2.02 bits per heavy atom. The van der Waals surface area contributed by atoms with Crippen molar-refractivity contribution in [1.29, 1.82) is 5.26 Å². The van der Waals surface area contributed by atoms with Gasteiger partial charge in [-0.3, -0.25) is 18.8 Å². The summed E-state index contributed by atoms with van der Waals surface area (Å²) in [5.74, 6) is -0.834. The van der Waals surface area contributed by atoms with E-state index in [0.717, 1.165) is 24.1 Å². The number of allylic oxidation sites excluding steroid dienone is 1. The highest BCUT2D eigenvalue weighted by atomic mass is 19.1. The van der Waals surface area contributed by atoms with E-state index in [2.05, 4.69) is 27.2 Å². The van der Waals surface area contributed by atoms with Crippen molar-refractivity contribution in [3.63, 3.8) is 0 Å². The number of carbonyl (C=O) groups is 3. The van der Waals surface area contributed by atoms with Gasteiger partial charge in [-0.2, -0.15) is 5.26 Å². The van der Waals surface area contributed by atoms with E-state index >= 15 is 4.39 Å². The molecule has 0 saturated carbocycles. The first-order chi connectivity index (χ1) is 25.2. The zero-order valence-corrected chi connectivity index (χ0v) is 28.9. The first-order valence-electron chi connectivity index (χ1n) is 17.3. The lowest BCUT2D eigenvalue weighted by Crippen LogP contribution is -2.40. The van der Waals surface area contributed by atoms with Gasteiger partial charge in [-0.25, -0.2) is 14.4 Å². The molecular formula is C39H40FN7O5. The molecule has 4 aromatic rings. The highest BCUT2D eigenvalue weighted by Crippen LogP contribution is 2.34. The molecule has 1 atom stereocenters. The van der Waals surface area contributed by atoms with Crippen molar-refractivity contribution in [1.82, 2.24) is 24.6 Å². The van der Waals surface area contributed by atoms with Crippen molar-refractivity contribution in [2.24, 2.45) is 5.92 Å². The minimum absolute atomic E-state index is 0.00426. The van der Waals surface area contributed by atoms with E-state index in [-0.39, 0.29) is 42.8 Å². The summed E-state index contributed by atoms with van der Waals surface area (Å²) in [4.78, 5) is 48.8. The van der Waals surface area contributed by atoms with Crippen LogP contribution in [-0.4, -0.2) is 74.3 Å². The quantitative estimate of drug-likeness (QED) is 0.122. The molecule has 12 nitrogen and oxygen atoms in total. The molecule has 0 unspecified atom stereocenters. The largest absolute Gasteiger partial charge is 0.480 e. The minimum atomic E-state index is -0.919. The van der Waals surface area contributed by atoms with Gasteiger partial charge in [-0.1, -0.05) is 12.2 Å². The van der Waals surface area contributed by atoms with Gasteiger partial charge in [-0.05, 0) is 80.8 Å². The van der Waals surface area contributed by atoms with Gasteiger partial charge in [0.15, 0.2) is 35.4 Å². The fraction of sp³-hybridized carbons (Fsp3) is 0.333. The summed E-state index contributed by atoms with van der Waals surface area (Å²) < 4.78 is 22.5. The first-order valence-corrected chi connectivity index (χ1v) is 17.3. The number of aryl methyl sites for hydroxylation is 1. The number of rotatable bonds is 12. The van der Waals surface area contributed by atoms with Gasteiger partial charge in [0.2, 0.25) is 5.91 Å². The summed E-state index contributed by atoms with van der Waals surface area (Å²) in [5.41, 5.74) is 4.97. The number of halogens is 1. The normalized spacial score (nSPS) is 16.4. The Kier molecular flexibility index (Phi) is 11.1. The number of nitrogens with zero attached hydrogens (tertiary/aromatic N) is 5. The number of hydrogen-bond donors (Lipinski definition) is 3. The number of hydrogen-bond acceptors (Lipinski definition) is 9. The molecule has 1 saturated heterocycles. The average molecular weight is 706 g/mol. The van der Waals surface area contributed by atoms with Crippen LogP contribution < -0.4 is 15.4 Å². The van der Waals surface area contributed by atoms with E-state index in [0.29, 0.717) is 71.9 Å². The summed E-state index contributed by atoms with van der Waals surface area (Å²) in [5, 5.41) is 24.4. The van der Waals surface area contributed by atoms with Crippen LogP contribution in [0.4, 0.5) is 15.9 Å². The molecule has 3 N–H and O–H groups in total. The monoisotopic (exact) mass is 705 g/mol. The molecular weight excluding hydrogens is 665 g/mol. The molecule has 4 heterocycles. The molecule has 2 aromatic carbocycles. The average Bonchev–Trinajstić information content (AvgIpc) is 3.41. The maximum atomic E-state index is 15.4. The second-order valence-corrected chi connectivity index (χ2v) is 13.0. The standard InChI is InChI=1S/C39H40FN7O5/c1-3-4-30-29(8-10-34(35(30)40)52-20-14-41)32-23-44-37-36(43-16-19-47(32)37)45-27-6-7-28(24(2)21-27)33(48)22-25-12-17-46(18-13-25)38(49)26-5-9-31(39(50)51)42-15-11-26/h3,5-8,10,16,19,21,23,25,31,42H,1,4,9,11-13,15,17-18,20,22H2,2H3,(H,43,45)(H,50,51)/t31-/m0/s1. The van der Waals surface area contributed by atoms with E-state index in [9.17, 15) is 19.5 Å². The number of imidazole rings is 1. The zero-order chi connectivity index (χ0) is 36.8. The zero-order valence-electron chi connectivity index (χ0n) is 28.9. The number of nitriles is 1. The Morgan fingerprint density at radius 3 is 2.75 bits per heavy atom. The molecule has 0 spiro atoms. The molecule has 13 heteroatoms. The number of carboxylic acid groups (broad SMARTS) is 1. The SMILES string of the molecule is C=CCc1c(-c2cnc3c(Nc4ccc(C(=O)CC5CCN(C(=O)C6=CC[C@@H](C(=O)O)NCC6)CC5)c(C)c4)nccn23)ccc(OCC#N)c1F. The molecule has 1 amide bonds. The Morgan fingerprint density at radius 1 is 1.21 bits per heavy atom. The fourth-order valence-corrected chi connectivity index (χ4v) is 6.93. The molecule has 0 aliphatic carbocycles. The molecule has 0 bridgehead atoms. The second kappa shape index (κ2) is 16.0. The van der Waals surface area contributed by atoms with E-state index in [1.165, 1.54) is 6.07 Å². The molecule has 2 aliphatic rings. The van der Waals surface area contributed by atoms with Gasteiger partial charge in [-0.15, -0.1) is 6.58 Å². The van der Waals surface area contributed by atoms with Crippen LogP contribution in [0, 0.1) is 30.0 Å². The van der Waals surface area contributed by atoms with Gasteiger partial charge in [0, 0.05) is 66.4 Å². The number of amides is 1. The van der Waals surface area contributed by atoms with Crippen LogP contribution in [-0.2, 0) is 16.0 Å². The van der Waals surface area contributed by atoms with Crippen molar-refractivity contribution >= 4 is 34.8 Å². The molecule has 0 radical (unpaired) electrons. The predicted molar refractivity (Wildman–Crippen MR) is 193 cm³/mol. The van der Waals surface area contributed by atoms with Crippen LogP contribution in [0.2, 0.25) is 0 Å². The number of Topliss-reactive ketones (excluding diaryl/α,β-unsaturated/α-hetero) is 1. The van der Waals surface area contributed by atoms with Gasteiger partial charge >= 0.3 is 5.97 Å². The Hall–Kier alpha value is -5.87. The number of carboxylic acids is 1. The number of aliphatic carboxylic acids is 1. The van der Waals surface area contributed by atoms with E-state index < -0.39 is 17.8 Å². The third kappa shape index (κ3) is 7.72. The van der Waals surface area contributed by atoms with Gasteiger partial charge in [0.25, 0.3) is 0 Å². The number of carbonyl (C=O) groups excluding carboxylic acids is 2. The summed E-state index contributed by atoms with van der Waals surface area (Å²) in [7, 11) is 0. The number of aromatic nitrogens is 3. The van der Waals surface area contributed by atoms with Crippen molar-refractivity contribution in [2.75, 3.05) is 31.6 Å². The fourth-order valence-electron chi connectivity index (χ4n) is 6.93. The van der Waals surface area contributed by atoms with Gasteiger partial charge in [0.05, 0.1) is 11.9 Å². The molecule has 6 rings (SSSR count). The van der Waals surface area contributed by atoms with E-state index in [1.54, 1.807) is 36.8 Å². The molecule has 1 fully saturated rings. The minimum Gasteiger partial charge on any atom is -0.480 e. The molecule has 268 valence electrons. The number of benzene rings is 2. The number of ether oxygens (including phenoxy) is 1. The van der Waals surface area contributed by atoms with Crippen LogP contribution >= 0.6 is 0 Å². The lowest BCUT2D eigenvalue weighted by molar-refractivity contribution is -0.139.